The largest absolute Gasteiger partial charge is 0.482 e. The molecule has 1 N–H and O–H groups in total. The van der Waals surface area contributed by atoms with Crippen LogP contribution in [0.3, 0.4) is 0 Å². The first-order valence-electron chi connectivity index (χ1n) is 11.8. The molecule has 0 spiro atoms. The number of hydrogen-bond acceptors (Lipinski definition) is 3. The third-order valence-corrected chi connectivity index (χ3v) is 7.17. The van der Waals surface area contributed by atoms with Gasteiger partial charge in [-0.1, -0.05) is 54.1 Å². The number of rotatable bonds is 6. The number of hydrogen-bond donors (Lipinski definition) is 1. The number of carboxylic acid groups (broad SMARTS) is 1. The molecule has 3 aromatic rings. The molecule has 0 aromatic heterocycles. The predicted octanol–water partition coefficient (Wildman–Crippen LogP) is 6.10. The van der Waals surface area contributed by atoms with Gasteiger partial charge in [-0.3, -0.25) is 4.79 Å². The molecule has 0 radical (unpaired) electrons. The maximum atomic E-state index is 13.8. The number of amides is 1. The minimum absolute atomic E-state index is 0.161. The van der Waals surface area contributed by atoms with Crippen LogP contribution in [0.15, 0.2) is 66.7 Å². The van der Waals surface area contributed by atoms with Gasteiger partial charge in [0.05, 0.1) is 11.6 Å². The minimum atomic E-state index is -4.45. The van der Waals surface area contributed by atoms with E-state index in [1.165, 1.54) is 6.07 Å². The Morgan fingerprint density at radius 3 is 2.57 bits per heavy atom. The van der Waals surface area contributed by atoms with Gasteiger partial charge in [-0.05, 0) is 59.7 Å². The molecule has 1 aliphatic heterocycles. The second-order valence-corrected chi connectivity index (χ2v) is 9.76. The summed E-state index contributed by atoms with van der Waals surface area (Å²) in [5, 5.41) is 9.53. The van der Waals surface area contributed by atoms with Crippen LogP contribution in [0.4, 0.5) is 13.2 Å². The van der Waals surface area contributed by atoms with E-state index in [2.05, 4.69) is 0 Å². The molecule has 5 nitrogen and oxygen atoms in total. The van der Waals surface area contributed by atoms with Crippen molar-refractivity contribution in [1.29, 1.82) is 0 Å². The summed E-state index contributed by atoms with van der Waals surface area (Å²) in [7, 11) is 0. The average molecular weight is 530 g/mol. The third-order valence-electron chi connectivity index (χ3n) is 6.93. The van der Waals surface area contributed by atoms with Gasteiger partial charge < -0.3 is 14.7 Å². The Kier molecular flexibility index (Phi) is 6.62. The molecule has 1 amide bonds. The van der Waals surface area contributed by atoms with Crippen LogP contribution in [0.2, 0.25) is 5.02 Å². The first-order chi connectivity index (χ1) is 17.6. The smallest absolute Gasteiger partial charge is 0.416 e. The van der Waals surface area contributed by atoms with Crippen LogP contribution in [0, 0.1) is 5.92 Å². The molecular weight excluding hydrogens is 507 g/mol. The topological polar surface area (TPSA) is 66.8 Å². The van der Waals surface area contributed by atoms with Gasteiger partial charge in [0.15, 0.2) is 6.61 Å². The third kappa shape index (κ3) is 5.16. The van der Waals surface area contributed by atoms with Crippen molar-refractivity contribution in [3.8, 4) is 5.75 Å². The molecule has 0 saturated heterocycles. The van der Waals surface area contributed by atoms with Gasteiger partial charge in [-0.25, -0.2) is 4.79 Å². The second-order valence-electron chi connectivity index (χ2n) is 9.32. The van der Waals surface area contributed by atoms with E-state index in [1.807, 2.05) is 24.3 Å². The van der Waals surface area contributed by atoms with E-state index in [-0.39, 0.29) is 11.8 Å². The van der Waals surface area contributed by atoms with E-state index < -0.39 is 36.3 Å². The van der Waals surface area contributed by atoms with Crippen molar-refractivity contribution in [3.05, 3.63) is 99.6 Å². The van der Waals surface area contributed by atoms with Crippen LogP contribution in [0.5, 0.6) is 5.75 Å². The molecule has 3 atom stereocenters. The summed E-state index contributed by atoms with van der Waals surface area (Å²) in [5.41, 5.74) is 2.25. The number of halogens is 4. The van der Waals surface area contributed by atoms with Crippen molar-refractivity contribution in [2.24, 2.45) is 5.92 Å². The van der Waals surface area contributed by atoms with E-state index in [9.17, 15) is 22.8 Å². The summed E-state index contributed by atoms with van der Waals surface area (Å²) >= 11 is 6.32. The monoisotopic (exact) mass is 529 g/mol. The minimum Gasteiger partial charge on any atom is -0.482 e. The van der Waals surface area contributed by atoms with Crippen molar-refractivity contribution in [2.75, 3.05) is 13.2 Å². The Labute approximate surface area is 216 Å². The number of carbonyl (C=O) groups excluding carboxylic acids is 1. The van der Waals surface area contributed by atoms with Gasteiger partial charge >= 0.3 is 12.1 Å². The Bertz CT molecular complexity index is 1360. The van der Waals surface area contributed by atoms with E-state index in [0.717, 1.165) is 23.3 Å². The van der Waals surface area contributed by atoms with E-state index in [4.69, 9.17) is 21.4 Å². The molecule has 1 saturated carbocycles. The first-order valence-corrected chi connectivity index (χ1v) is 12.2. The summed E-state index contributed by atoms with van der Waals surface area (Å²) < 4.78 is 45.2. The van der Waals surface area contributed by atoms with Gasteiger partial charge in [-0.2, -0.15) is 13.2 Å². The second kappa shape index (κ2) is 9.74. The Balaban J connectivity index is 1.49. The number of carboxylic acids is 1. The highest BCUT2D eigenvalue weighted by Gasteiger charge is 2.48. The van der Waals surface area contributed by atoms with Crippen molar-refractivity contribution < 1.29 is 32.6 Å². The zero-order valence-electron chi connectivity index (χ0n) is 19.5. The lowest BCUT2D eigenvalue weighted by Gasteiger charge is -2.38. The average Bonchev–Trinajstić information content (AvgIpc) is 3.67. The number of fused-ring (bicyclic) bond motifs is 1. The molecule has 37 heavy (non-hydrogen) atoms. The summed E-state index contributed by atoms with van der Waals surface area (Å²) in [6, 6.07) is 17.1. The fraction of sp³-hybridized carbons (Fsp3) is 0.286. The van der Waals surface area contributed by atoms with Gasteiger partial charge in [0.1, 0.15) is 5.75 Å². The number of nitrogens with zero attached hydrogens (tertiary/aromatic N) is 1. The number of aliphatic carboxylic acids is 1. The molecule has 192 valence electrons. The van der Waals surface area contributed by atoms with Crippen molar-refractivity contribution in [3.63, 3.8) is 0 Å². The number of carbonyl (C=O) groups is 2. The highest BCUT2D eigenvalue weighted by molar-refractivity contribution is 6.30. The van der Waals surface area contributed by atoms with E-state index in [0.29, 0.717) is 41.3 Å². The van der Waals surface area contributed by atoms with Gasteiger partial charge in [0.25, 0.3) is 0 Å². The van der Waals surface area contributed by atoms with Crippen LogP contribution >= 0.6 is 11.6 Å². The summed E-state index contributed by atoms with van der Waals surface area (Å²) in [6.07, 6.45) is -3.38. The molecule has 1 aliphatic carbocycles. The highest BCUT2D eigenvalue weighted by Crippen LogP contribution is 2.51. The quantitative estimate of drug-likeness (QED) is 0.419. The van der Waals surface area contributed by atoms with E-state index in [1.54, 1.807) is 29.2 Å². The normalized spacial score (nSPS) is 20.8. The predicted molar refractivity (Wildman–Crippen MR) is 131 cm³/mol. The SMILES string of the molecule is O=C(O)COc1ccc(Cl)cc1C1c2ccccc2CCN1C(=O)C1CC1c1cccc(C(F)(F)F)c1. The highest BCUT2D eigenvalue weighted by atomic mass is 35.5. The van der Waals surface area contributed by atoms with Crippen LogP contribution in [-0.4, -0.2) is 35.0 Å². The molecular formula is C28H23ClF3NO4. The van der Waals surface area contributed by atoms with Gasteiger partial charge in [0, 0.05) is 23.0 Å². The molecule has 3 unspecified atom stereocenters. The zero-order valence-corrected chi connectivity index (χ0v) is 20.3. The summed E-state index contributed by atoms with van der Waals surface area (Å²) in [5.74, 6) is -1.74. The van der Waals surface area contributed by atoms with Gasteiger partial charge in [0.2, 0.25) is 5.91 Å². The Hall–Kier alpha value is -3.52. The maximum absolute atomic E-state index is 13.8. The lowest BCUT2D eigenvalue weighted by Crippen LogP contribution is -2.41. The molecule has 3 aromatic carbocycles. The Morgan fingerprint density at radius 2 is 1.81 bits per heavy atom. The lowest BCUT2D eigenvalue weighted by molar-refractivity contribution is -0.139. The molecule has 2 aliphatic rings. The molecule has 5 rings (SSSR count). The van der Waals surface area contributed by atoms with Crippen molar-refractivity contribution in [2.45, 2.75) is 31.0 Å². The number of benzene rings is 3. The standard InChI is InChI=1S/C28H23ClF3NO4/c29-19-8-9-24(37-15-25(34)35)23(13-19)26-20-7-2-1-4-16(20)10-11-33(26)27(36)22-14-21(22)17-5-3-6-18(12-17)28(30,31)32/h1-9,12-13,21-22,26H,10-11,14-15H2,(H,34,35). The number of alkyl halides is 3. The van der Waals surface area contributed by atoms with Crippen LogP contribution in [0.25, 0.3) is 0 Å². The molecule has 0 bridgehead atoms. The Morgan fingerprint density at radius 1 is 1.03 bits per heavy atom. The fourth-order valence-corrected chi connectivity index (χ4v) is 5.32. The molecule has 9 heteroatoms. The first kappa shape index (κ1) is 25.1. The van der Waals surface area contributed by atoms with Crippen LogP contribution in [-0.2, 0) is 22.2 Å². The molecule has 1 heterocycles. The summed E-state index contributed by atoms with van der Waals surface area (Å²) in [4.78, 5) is 26.7. The molecule has 1 fully saturated rings. The maximum Gasteiger partial charge on any atom is 0.416 e. The number of ether oxygens (including phenoxy) is 1. The summed E-state index contributed by atoms with van der Waals surface area (Å²) in [6.45, 7) is -0.158. The van der Waals surface area contributed by atoms with Crippen molar-refractivity contribution >= 4 is 23.5 Å². The van der Waals surface area contributed by atoms with Crippen LogP contribution < -0.4 is 4.74 Å². The fourth-order valence-electron chi connectivity index (χ4n) is 5.14. The van der Waals surface area contributed by atoms with E-state index >= 15 is 0 Å². The zero-order chi connectivity index (χ0) is 26.3. The van der Waals surface area contributed by atoms with Crippen molar-refractivity contribution in [1.82, 2.24) is 4.90 Å². The lowest BCUT2D eigenvalue weighted by atomic mass is 9.87. The van der Waals surface area contributed by atoms with Gasteiger partial charge in [-0.15, -0.1) is 0 Å². The van der Waals surface area contributed by atoms with Crippen LogP contribution in [0.1, 0.15) is 46.2 Å².